The Morgan fingerprint density at radius 1 is 0.958 bits per heavy atom. The summed E-state index contributed by atoms with van der Waals surface area (Å²) >= 11 is 0. The number of hydrogen-bond acceptors (Lipinski definition) is 6. The SMILES string of the molecule is CCN(C)c1cc(-c2nnc(N)nc2-c2ccccc2)cc(C)n1. The zero-order valence-electron chi connectivity index (χ0n) is 14.1. The molecule has 0 aliphatic heterocycles. The average Bonchev–Trinajstić information content (AvgIpc) is 2.61. The van der Waals surface area contributed by atoms with Crippen molar-refractivity contribution < 1.29 is 0 Å². The van der Waals surface area contributed by atoms with Crippen LogP contribution in [-0.4, -0.2) is 33.8 Å². The van der Waals surface area contributed by atoms with Crippen molar-refractivity contribution in [1.29, 1.82) is 0 Å². The highest BCUT2D eigenvalue weighted by molar-refractivity contribution is 5.79. The molecule has 1 aromatic carbocycles. The van der Waals surface area contributed by atoms with Gasteiger partial charge in [-0.15, -0.1) is 10.2 Å². The van der Waals surface area contributed by atoms with Gasteiger partial charge in [0.15, 0.2) is 0 Å². The summed E-state index contributed by atoms with van der Waals surface area (Å²) in [5.74, 6) is 1.06. The third-order valence-corrected chi connectivity index (χ3v) is 3.83. The second-order valence-electron chi connectivity index (χ2n) is 5.60. The van der Waals surface area contributed by atoms with E-state index in [4.69, 9.17) is 5.73 Å². The molecule has 0 atom stereocenters. The number of nitrogens with two attached hydrogens (primary N) is 1. The molecular formula is C18H20N6. The maximum atomic E-state index is 5.77. The molecule has 0 fully saturated rings. The van der Waals surface area contributed by atoms with Gasteiger partial charge in [0.05, 0.1) is 0 Å². The van der Waals surface area contributed by atoms with Gasteiger partial charge in [-0.05, 0) is 26.0 Å². The summed E-state index contributed by atoms with van der Waals surface area (Å²) in [5.41, 5.74) is 9.99. The topological polar surface area (TPSA) is 80.8 Å². The molecule has 0 amide bonds. The van der Waals surface area contributed by atoms with Gasteiger partial charge < -0.3 is 10.6 Å². The Labute approximate surface area is 141 Å². The fraction of sp³-hybridized carbons (Fsp3) is 0.222. The largest absolute Gasteiger partial charge is 0.366 e. The summed E-state index contributed by atoms with van der Waals surface area (Å²) in [5, 5.41) is 8.26. The lowest BCUT2D eigenvalue weighted by atomic mass is 10.0. The standard InChI is InChI=1S/C18H20N6/c1-4-24(3)15-11-14(10-12(2)20-15)17-16(21-18(19)23-22-17)13-8-6-5-7-9-13/h5-11H,4H2,1-3H3,(H2,19,21,23). The van der Waals surface area contributed by atoms with Gasteiger partial charge in [0.2, 0.25) is 5.95 Å². The fourth-order valence-corrected chi connectivity index (χ4v) is 2.48. The van der Waals surface area contributed by atoms with Gasteiger partial charge >= 0.3 is 0 Å². The van der Waals surface area contributed by atoms with E-state index >= 15 is 0 Å². The van der Waals surface area contributed by atoms with E-state index in [9.17, 15) is 0 Å². The smallest absolute Gasteiger partial charge is 0.240 e. The lowest BCUT2D eigenvalue weighted by molar-refractivity contribution is 0.929. The van der Waals surface area contributed by atoms with E-state index < -0.39 is 0 Å². The van der Waals surface area contributed by atoms with Crippen LogP contribution in [0.1, 0.15) is 12.6 Å². The molecule has 0 aliphatic carbocycles. The number of aryl methyl sites for hydroxylation is 1. The Bertz CT molecular complexity index is 847. The molecule has 3 rings (SSSR count). The van der Waals surface area contributed by atoms with Gasteiger partial charge in [0, 0.05) is 30.4 Å². The van der Waals surface area contributed by atoms with E-state index in [1.807, 2.05) is 56.4 Å². The Morgan fingerprint density at radius 3 is 2.42 bits per heavy atom. The van der Waals surface area contributed by atoms with Crippen LogP contribution in [0.25, 0.3) is 22.5 Å². The molecule has 0 aliphatic rings. The molecule has 0 spiro atoms. The second-order valence-corrected chi connectivity index (χ2v) is 5.60. The van der Waals surface area contributed by atoms with Crippen LogP contribution in [0.2, 0.25) is 0 Å². The van der Waals surface area contributed by atoms with Crippen molar-refractivity contribution in [2.45, 2.75) is 13.8 Å². The number of pyridine rings is 1. The van der Waals surface area contributed by atoms with Crippen molar-refractivity contribution in [2.75, 3.05) is 24.2 Å². The van der Waals surface area contributed by atoms with Crippen LogP contribution < -0.4 is 10.6 Å². The van der Waals surface area contributed by atoms with E-state index in [-0.39, 0.29) is 5.95 Å². The minimum atomic E-state index is 0.161. The zero-order chi connectivity index (χ0) is 17.1. The molecule has 0 saturated heterocycles. The number of nitrogen functional groups attached to an aromatic ring is 1. The molecular weight excluding hydrogens is 300 g/mol. The Balaban J connectivity index is 2.19. The number of anilines is 2. The van der Waals surface area contributed by atoms with Crippen molar-refractivity contribution in [2.24, 2.45) is 0 Å². The number of hydrogen-bond donors (Lipinski definition) is 1. The number of aromatic nitrogens is 4. The Kier molecular flexibility index (Phi) is 4.37. The molecule has 24 heavy (non-hydrogen) atoms. The van der Waals surface area contributed by atoms with Crippen molar-refractivity contribution in [3.8, 4) is 22.5 Å². The molecule has 2 N–H and O–H groups in total. The lowest BCUT2D eigenvalue weighted by Gasteiger charge is -2.17. The first-order valence-electron chi connectivity index (χ1n) is 7.84. The molecule has 2 aromatic heterocycles. The first-order chi connectivity index (χ1) is 11.6. The van der Waals surface area contributed by atoms with E-state index in [2.05, 4.69) is 32.0 Å². The van der Waals surface area contributed by atoms with Crippen molar-refractivity contribution in [3.63, 3.8) is 0 Å². The zero-order valence-corrected chi connectivity index (χ0v) is 14.1. The van der Waals surface area contributed by atoms with E-state index in [1.165, 1.54) is 0 Å². The molecule has 3 aromatic rings. The minimum Gasteiger partial charge on any atom is -0.366 e. The lowest BCUT2D eigenvalue weighted by Crippen LogP contribution is -2.17. The molecule has 6 nitrogen and oxygen atoms in total. The van der Waals surface area contributed by atoms with E-state index in [1.54, 1.807) is 0 Å². The molecule has 0 saturated carbocycles. The number of nitrogens with zero attached hydrogens (tertiary/aromatic N) is 5. The van der Waals surface area contributed by atoms with Crippen LogP contribution in [-0.2, 0) is 0 Å². The van der Waals surface area contributed by atoms with Gasteiger partial charge in [-0.1, -0.05) is 30.3 Å². The summed E-state index contributed by atoms with van der Waals surface area (Å²) in [6, 6.07) is 13.9. The third-order valence-electron chi connectivity index (χ3n) is 3.83. The summed E-state index contributed by atoms with van der Waals surface area (Å²) in [7, 11) is 2.01. The predicted octanol–water partition coefficient (Wildman–Crippen LogP) is 2.95. The normalized spacial score (nSPS) is 10.6. The van der Waals surface area contributed by atoms with Crippen LogP contribution >= 0.6 is 0 Å². The summed E-state index contributed by atoms with van der Waals surface area (Å²) < 4.78 is 0. The molecule has 0 radical (unpaired) electrons. The maximum absolute atomic E-state index is 5.77. The number of benzene rings is 1. The van der Waals surface area contributed by atoms with Crippen LogP contribution in [0, 0.1) is 6.92 Å². The highest BCUT2D eigenvalue weighted by Gasteiger charge is 2.15. The van der Waals surface area contributed by atoms with Crippen LogP contribution in [0.5, 0.6) is 0 Å². The quantitative estimate of drug-likeness (QED) is 0.796. The van der Waals surface area contributed by atoms with Crippen LogP contribution in [0.15, 0.2) is 42.5 Å². The first-order valence-corrected chi connectivity index (χ1v) is 7.84. The minimum absolute atomic E-state index is 0.161. The first kappa shape index (κ1) is 15.9. The van der Waals surface area contributed by atoms with Gasteiger partial charge in [-0.2, -0.15) is 0 Å². The van der Waals surface area contributed by atoms with Crippen molar-refractivity contribution in [3.05, 3.63) is 48.2 Å². The summed E-state index contributed by atoms with van der Waals surface area (Å²) in [6.07, 6.45) is 0. The molecule has 122 valence electrons. The summed E-state index contributed by atoms with van der Waals surface area (Å²) in [6.45, 7) is 4.92. The van der Waals surface area contributed by atoms with Gasteiger partial charge in [0.1, 0.15) is 17.2 Å². The fourth-order valence-electron chi connectivity index (χ4n) is 2.48. The maximum Gasteiger partial charge on any atom is 0.240 e. The number of rotatable bonds is 4. The molecule has 0 unspecified atom stereocenters. The van der Waals surface area contributed by atoms with Crippen LogP contribution in [0.4, 0.5) is 11.8 Å². The summed E-state index contributed by atoms with van der Waals surface area (Å²) in [4.78, 5) is 11.1. The predicted molar refractivity (Wildman–Crippen MR) is 96.6 cm³/mol. The second kappa shape index (κ2) is 6.62. The van der Waals surface area contributed by atoms with Gasteiger partial charge in [-0.25, -0.2) is 9.97 Å². The van der Waals surface area contributed by atoms with Gasteiger partial charge in [0.25, 0.3) is 0 Å². The highest BCUT2D eigenvalue weighted by Crippen LogP contribution is 2.30. The average molecular weight is 320 g/mol. The van der Waals surface area contributed by atoms with E-state index in [0.29, 0.717) is 5.69 Å². The van der Waals surface area contributed by atoms with E-state index in [0.717, 1.165) is 34.9 Å². The van der Waals surface area contributed by atoms with Gasteiger partial charge in [-0.3, -0.25) is 0 Å². The molecule has 2 heterocycles. The van der Waals surface area contributed by atoms with Crippen molar-refractivity contribution >= 4 is 11.8 Å². The molecule has 6 heteroatoms. The molecule has 0 bridgehead atoms. The third kappa shape index (κ3) is 3.17. The Morgan fingerprint density at radius 2 is 1.71 bits per heavy atom. The van der Waals surface area contributed by atoms with Crippen LogP contribution in [0.3, 0.4) is 0 Å². The Hall–Kier alpha value is -3.02. The van der Waals surface area contributed by atoms with Crippen molar-refractivity contribution in [1.82, 2.24) is 20.2 Å². The highest BCUT2D eigenvalue weighted by atomic mass is 15.2. The monoisotopic (exact) mass is 320 g/mol.